The first-order chi connectivity index (χ1) is 12.6. The lowest BCUT2D eigenvalue weighted by Gasteiger charge is -2.33. The van der Waals surface area contributed by atoms with Crippen LogP contribution < -0.4 is 10.1 Å². The van der Waals surface area contributed by atoms with Gasteiger partial charge in [0.1, 0.15) is 17.3 Å². The molecule has 1 aliphatic rings. The first-order valence-electron chi connectivity index (χ1n) is 8.68. The van der Waals surface area contributed by atoms with Gasteiger partial charge in [-0.3, -0.25) is 9.69 Å². The van der Waals surface area contributed by atoms with Crippen LogP contribution in [0.2, 0.25) is 0 Å². The molecule has 0 saturated carbocycles. The Balaban J connectivity index is 1.57. The zero-order valence-corrected chi connectivity index (χ0v) is 14.7. The van der Waals surface area contributed by atoms with Crippen LogP contribution in [-0.2, 0) is 9.53 Å². The van der Waals surface area contributed by atoms with Gasteiger partial charge in [-0.15, -0.1) is 0 Å². The number of amides is 1. The summed E-state index contributed by atoms with van der Waals surface area (Å²) in [5.74, 6) is 0.671. The van der Waals surface area contributed by atoms with Gasteiger partial charge in [-0.05, 0) is 43.3 Å². The van der Waals surface area contributed by atoms with Crippen molar-refractivity contribution in [3.63, 3.8) is 0 Å². The molecule has 6 nitrogen and oxygen atoms in total. The van der Waals surface area contributed by atoms with Crippen molar-refractivity contribution in [2.24, 2.45) is 0 Å². The average Bonchev–Trinajstić information content (AvgIpc) is 3.19. The summed E-state index contributed by atoms with van der Waals surface area (Å²) in [6.45, 7) is 4.95. The molecule has 140 valence electrons. The van der Waals surface area contributed by atoms with E-state index in [1.54, 1.807) is 13.2 Å². The van der Waals surface area contributed by atoms with E-state index in [1.165, 1.54) is 24.3 Å². The minimum absolute atomic E-state index is 0.0594. The largest absolute Gasteiger partial charge is 0.481 e. The summed E-state index contributed by atoms with van der Waals surface area (Å²) >= 11 is 0. The second kappa shape index (κ2) is 8.82. The number of benzene rings is 1. The van der Waals surface area contributed by atoms with Gasteiger partial charge >= 0.3 is 0 Å². The fourth-order valence-corrected chi connectivity index (χ4v) is 2.89. The lowest BCUT2D eigenvalue weighted by atomic mass is 10.1. The van der Waals surface area contributed by atoms with Gasteiger partial charge in [-0.25, -0.2) is 4.39 Å². The second-order valence-corrected chi connectivity index (χ2v) is 6.14. The molecule has 2 atom stereocenters. The fraction of sp³-hybridized carbons (Fsp3) is 0.421. The van der Waals surface area contributed by atoms with E-state index < -0.39 is 6.10 Å². The molecule has 1 aliphatic heterocycles. The van der Waals surface area contributed by atoms with Crippen LogP contribution >= 0.6 is 0 Å². The predicted molar refractivity (Wildman–Crippen MR) is 93.3 cm³/mol. The van der Waals surface area contributed by atoms with Crippen LogP contribution in [0.15, 0.2) is 47.1 Å². The highest BCUT2D eigenvalue weighted by Gasteiger charge is 2.26. The van der Waals surface area contributed by atoms with E-state index >= 15 is 0 Å². The second-order valence-electron chi connectivity index (χ2n) is 6.14. The molecule has 0 aliphatic carbocycles. The van der Waals surface area contributed by atoms with Crippen LogP contribution in [0, 0.1) is 5.82 Å². The van der Waals surface area contributed by atoms with Crippen LogP contribution in [-0.4, -0.2) is 49.8 Å². The summed E-state index contributed by atoms with van der Waals surface area (Å²) in [4.78, 5) is 14.6. The van der Waals surface area contributed by atoms with Crippen molar-refractivity contribution in [1.82, 2.24) is 10.2 Å². The molecule has 1 aromatic carbocycles. The zero-order valence-electron chi connectivity index (χ0n) is 14.7. The Morgan fingerprint density at radius 2 is 2.00 bits per heavy atom. The standard InChI is InChI=1S/C19H23FN2O4/c1-14(26-16-6-4-15(20)5-7-16)19(23)21-13-17(18-3-2-10-25-18)22-8-11-24-12-9-22/h2-7,10,14,17H,8-9,11-13H2,1H3,(H,21,23)/t14-,17+/m0/s1. The maximum absolute atomic E-state index is 12.9. The smallest absolute Gasteiger partial charge is 0.260 e. The van der Waals surface area contributed by atoms with Gasteiger partial charge in [0.05, 0.1) is 25.5 Å². The minimum Gasteiger partial charge on any atom is -0.481 e. The Morgan fingerprint density at radius 3 is 2.65 bits per heavy atom. The highest BCUT2D eigenvalue weighted by atomic mass is 19.1. The molecule has 26 heavy (non-hydrogen) atoms. The van der Waals surface area contributed by atoms with Crippen molar-refractivity contribution in [3.8, 4) is 5.75 Å². The normalized spacial score (nSPS) is 17.5. The number of rotatable bonds is 7. The number of carbonyl (C=O) groups is 1. The number of nitrogens with zero attached hydrogens (tertiary/aromatic N) is 1. The summed E-state index contributed by atoms with van der Waals surface area (Å²) < 4.78 is 29.5. The van der Waals surface area contributed by atoms with E-state index in [-0.39, 0.29) is 17.8 Å². The lowest BCUT2D eigenvalue weighted by molar-refractivity contribution is -0.127. The molecule has 0 unspecified atom stereocenters. The van der Waals surface area contributed by atoms with Gasteiger partial charge in [0.25, 0.3) is 5.91 Å². The van der Waals surface area contributed by atoms with E-state index in [1.807, 2.05) is 12.1 Å². The predicted octanol–water partition coefficient (Wildman–Crippen LogP) is 2.38. The van der Waals surface area contributed by atoms with Crippen molar-refractivity contribution < 1.29 is 23.1 Å². The zero-order chi connectivity index (χ0) is 18.4. The van der Waals surface area contributed by atoms with Gasteiger partial charge in [-0.2, -0.15) is 0 Å². The molecule has 1 saturated heterocycles. The third-order valence-electron chi connectivity index (χ3n) is 4.32. The lowest BCUT2D eigenvalue weighted by Crippen LogP contribution is -2.45. The van der Waals surface area contributed by atoms with Crippen molar-refractivity contribution in [3.05, 3.63) is 54.2 Å². The van der Waals surface area contributed by atoms with Gasteiger partial charge < -0.3 is 19.2 Å². The Morgan fingerprint density at radius 1 is 1.27 bits per heavy atom. The average molecular weight is 362 g/mol. The highest BCUT2D eigenvalue weighted by molar-refractivity contribution is 5.80. The SMILES string of the molecule is C[C@H](Oc1ccc(F)cc1)C(=O)NC[C@H](c1ccco1)N1CCOCC1. The van der Waals surface area contributed by atoms with Crippen LogP contribution in [0.3, 0.4) is 0 Å². The van der Waals surface area contributed by atoms with Crippen molar-refractivity contribution in [2.75, 3.05) is 32.8 Å². The van der Waals surface area contributed by atoms with Crippen LogP contribution in [0.25, 0.3) is 0 Å². The van der Waals surface area contributed by atoms with Crippen LogP contribution in [0.4, 0.5) is 4.39 Å². The summed E-state index contributed by atoms with van der Waals surface area (Å²) in [5.41, 5.74) is 0. The Hall–Kier alpha value is -2.38. The highest BCUT2D eigenvalue weighted by Crippen LogP contribution is 2.22. The third kappa shape index (κ3) is 4.83. The quantitative estimate of drug-likeness (QED) is 0.819. The molecule has 0 spiro atoms. The van der Waals surface area contributed by atoms with E-state index in [0.717, 1.165) is 18.8 Å². The summed E-state index contributed by atoms with van der Waals surface area (Å²) in [6, 6.07) is 9.28. The molecule has 1 fully saturated rings. The Labute approximate surface area is 151 Å². The Bertz CT molecular complexity index is 684. The molecule has 1 aromatic heterocycles. The molecule has 7 heteroatoms. The monoisotopic (exact) mass is 362 g/mol. The Kier molecular flexibility index (Phi) is 6.25. The van der Waals surface area contributed by atoms with Gasteiger partial charge in [-0.1, -0.05) is 0 Å². The van der Waals surface area contributed by atoms with Crippen LogP contribution in [0.1, 0.15) is 18.7 Å². The number of morpholine rings is 1. The maximum Gasteiger partial charge on any atom is 0.260 e. The number of halogens is 1. The molecule has 1 N–H and O–H groups in total. The van der Waals surface area contributed by atoms with E-state index in [4.69, 9.17) is 13.9 Å². The summed E-state index contributed by atoms with van der Waals surface area (Å²) in [7, 11) is 0. The van der Waals surface area contributed by atoms with E-state index in [9.17, 15) is 9.18 Å². The van der Waals surface area contributed by atoms with Gasteiger partial charge in [0.15, 0.2) is 6.10 Å². The summed E-state index contributed by atoms with van der Waals surface area (Å²) in [5, 5.41) is 2.92. The number of ether oxygens (including phenoxy) is 2. The minimum atomic E-state index is -0.692. The molecular weight excluding hydrogens is 339 g/mol. The molecule has 2 heterocycles. The third-order valence-corrected chi connectivity index (χ3v) is 4.32. The molecule has 0 radical (unpaired) electrons. The molecular formula is C19H23FN2O4. The molecule has 2 aromatic rings. The topological polar surface area (TPSA) is 63.9 Å². The molecule has 3 rings (SSSR count). The summed E-state index contributed by atoms with van der Waals surface area (Å²) in [6.07, 6.45) is 0.938. The van der Waals surface area contributed by atoms with Crippen LogP contribution in [0.5, 0.6) is 5.75 Å². The molecule has 1 amide bonds. The molecule has 0 bridgehead atoms. The number of hydrogen-bond donors (Lipinski definition) is 1. The van der Waals surface area contributed by atoms with Gasteiger partial charge in [0, 0.05) is 19.6 Å². The number of nitrogens with one attached hydrogen (secondary N) is 1. The van der Waals surface area contributed by atoms with E-state index in [2.05, 4.69) is 10.2 Å². The first kappa shape index (κ1) is 18.4. The van der Waals surface area contributed by atoms with Crippen molar-refractivity contribution >= 4 is 5.91 Å². The first-order valence-corrected chi connectivity index (χ1v) is 8.68. The fourth-order valence-electron chi connectivity index (χ4n) is 2.89. The van der Waals surface area contributed by atoms with Crippen molar-refractivity contribution in [2.45, 2.75) is 19.1 Å². The number of furan rings is 1. The van der Waals surface area contributed by atoms with Gasteiger partial charge in [0.2, 0.25) is 0 Å². The number of carbonyl (C=O) groups excluding carboxylic acids is 1. The van der Waals surface area contributed by atoms with Crippen molar-refractivity contribution in [1.29, 1.82) is 0 Å². The van der Waals surface area contributed by atoms with E-state index in [0.29, 0.717) is 25.5 Å². The maximum atomic E-state index is 12.9. The number of hydrogen-bond acceptors (Lipinski definition) is 5.